The highest BCUT2D eigenvalue weighted by Gasteiger charge is 2.57. The molecular weight excluding hydrogens is 394 g/mol. The maximum atomic E-state index is 14.3. The lowest BCUT2D eigenvalue weighted by Gasteiger charge is -2.53. The van der Waals surface area contributed by atoms with Crippen LogP contribution in [0.25, 0.3) is 0 Å². The predicted molar refractivity (Wildman–Crippen MR) is 99.2 cm³/mol. The molecular formula is C18H15Cl2FN4O2. The molecule has 2 fully saturated rings. The number of hydrogen-bond donors (Lipinski definition) is 1. The Bertz CT molecular complexity index is 918. The molecule has 27 heavy (non-hydrogen) atoms. The molecule has 1 aromatic heterocycles. The Kier molecular flexibility index (Phi) is 4.53. The fourth-order valence-electron chi connectivity index (χ4n) is 3.39. The van der Waals surface area contributed by atoms with Crippen LogP contribution in [0.5, 0.6) is 0 Å². The molecule has 1 aromatic carbocycles. The molecule has 3 heterocycles. The lowest BCUT2D eigenvalue weighted by Crippen LogP contribution is -2.80. The summed E-state index contributed by atoms with van der Waals surface area (Å²) in [5.74, 6) is -1.56. The molecule has 2 aromatic rings. The molecule has 0 saturated carbocycles. The van der Waals surface area contributed by atoms with Crippen molar-refractivity contribution >= 4 is 40.8 Å². The number of benzene rings is 1. The zero-order chi connectivity index (χ0) is 19.2. The molecule has 1 spiro atoms. The van der Waals surface area contributed by atoms with Gasteiger partial charge in [-0.25, -0.2) is 9.37 Å². The van der Waals surface area contributed by atoms with Gasteiger partial charge in [0.25, 0.3) is 5.91 Å². The largest absolute Gasteiger partial charge is 0.320 e. The molecule has 9 heteroatoms. The average Bonchev–Trinajstić information content (AvgIpc) is 2.59. The maximum Gasteiger partial charge on any atom is 0.257 e. The Labute approximate surface area is 164 Å². The van der Waals surface area contributed by atoms with Crippen LogP contribution in [-0.2, 0) is 16.1 Å². The fourth-order valence-corrected chi connectivity index (χ4v) is 3.66. The molecule has 0 radical (unpaired) electrons. The summed E-state index contributed by atoms with van der Waals surface area (Å²) < 4.78 is 14.3. The highest BCUT2D eigenvalue weighted by atomic mass is 35.5. The van der Waals surface area contributed by atoms with Gasteiger partial charge >= 0.3 is 0 Å². The van der Waals surface area contributed by atoms with Gasteiger partial charge in [0.05, 0.1) is 5.02 Å². The van der Waals surface area contributed by atoms with E-state index in [4.69, 9.17) is 23.2 Å². The van der Waals surface area contributed by atoms with E-state index in [1.807, 2.05) is 12.1 Å². The van der Waals surface area contributed by atoms with Crippen LogP contribution >= 0.6 is 23.2 Å². The number of rotatable bonds is 3. The number of nitrogens with one attached hydrogen (secondary N) is 1. The summed E-state index contributed by atoms with van der Waals surface area (Å²) in [5.41, 5.74) is -0.195. The Morgan fingerprint density at radius 3 is 2.44 bits per heavy atom. The van der Waals surface area contributed by atoms with Gasteiger partial charge in [-0.3, -0.25) is 14.5 Å². The smallest absolute Gasteiger partial charge is 0.257 e. The van der Waals surface area contributed by atoms with E-state index in [1.54, 1.807) is 17.0 Å². The third-order valence-electron chi connectivity index (χ3n) is 4.89. The minimum absolute atomic E-state index is 0.122. The molecule has 0 atom stereocenters. The van der Waals surface area contributed by atoms with Crippen molar-refractivity contribution in [3.8, 4) is 0 Å². The Morgan fingerprint density at radius 2 is 1.85 bits per heavy atom. The van der Waals surface area contributed by atoms with Crippen molar-refractivity contribution in [2.45, 2.75) is 12.1 Å². The number of hydrogen-bond acceptors (Lipinski definition) is 4. The molecule has 0 aliphatic carbocycles. The first kappa shape index (κ1) is 18.2. The molecule has 4 rings (SSSR count). The van der Waals surface area contributed by atoms with Gasteiger partial charge in [-0.05, 0) is 23.8 Å². The quantitative estimate of drug-likeness (QED) is 0.845. The highest BCUT2D eigenvalue weighted by molar-refractivity contribution is 6.30. The summed E-state index contributed by atoms with van der Waals surface area (Å²) in [4.78, 5) is 32.7. The van der Waals surface area contributed by atoms with E-state index >= 15 is 0 Å². The standard InChI is InChI=1S/C18H15Cl2FN4O2/c19-12-3-1-11(2-4-12)7-25-15(26)8-24(17(27)18(25)9-22-10-18)16-14(21)5-13(20)6-23-16/h1-6,22H,7-10H2. The minimum atomic E-state index is -1.05. The second kappa shape index (κ2) is 6.74. The van der Waals surface area contributed by atoms with Crippen molar-refractivity contribution in [2.24, 2.45) is 0 Å². The van der Waals surface area contributed by atoms with Crippen LogP contribution in [0, 0.1) is 5.82 Å². The van der Waals surface area contributed by atoms with E-state index in [0.717, 1.165) is 16.5 Å². The number of anilines is 1. The molecule has 2 saturated heterocycles. The number of piperazine rings is 1. The molecule has 1 N–H and O–H groups in total. The SMILES string of the molecule is O=C1CN(c2ncc(Cl)cc2F)C(=O)C2(CNC2)N1Cc1ccc(Cl)cc1. The number of halogens is 3. The Balaban J connectivity index is 1.66. The maximum absolute atomic E-state index is 14.3. The fraction of sp³-hybridized carbons (Fsp3) is 0.278. The second-order valence-electron chi connectivity index (χ2n) is 6.59. The number of carbonyl (C=O) groups is 2. The first-order valence-corrected chi connectivity index (χ1v) is 9.05. The zero-order valence-electron chi connectivity index (χ0n) is 14.1. The van der Waals surface area contributed by atoms with Crippen LogP contribution in [0.4, 0.5) is 10.2 Å². The van der Waals surface area contributed by atoms with Crippen molar-refractivity contribution in [3.63, 3.8) is 0 Å². The summed E-state index contributed by atoms with van der Waals surface area (Å²) in [7, 11) is 0. The van der Waals surface area contributed by atoms with Gasteiger partial charge in [-0.15, -0.1) is 0 Å². The van der Waals surface area contributed by atoms with Gasteiger partial charge in [-0.1, -0.05) is 35.3 Å². The highest BCUT2D eigenvalue weighted by Crippen LogP contribution is 2.33. The molecule has 2 aliphatic heterocycles. The summed E-state index contributed by atoms with van der Waals surface area (Å²) in [6, 6.07) is 8.17. The minimum Gasteiger partial charge on any atom is -0.320 e. The first-order chi connectivity index (χ1) is 12.9. The van der Waals surface area contributed by atoms with Gasteiger partial charge in [0.15, 0.2) is 11.6 Å². The number of aromatic nitrogens is 1. The molecule has 140 valence electrons. The van der Waals surface area contributed by atoms with E-state index in [-0.39, 0.29) is 35.7 Å². The summed E-state index contributed by atoms with van der Waals surface area (Å²) >= 11 is 11.6. The Morgan fingerprint density at radius 1 is 1.15 bits per heavy atom. The van der Waals surface area contributed by atoms with E-state index in [1.165, 1.54) is 6.20 Å². The second-order valence-corrected chi connectivity index (χ2v) is 7.46. The number of pyridine rings is 1. The summed E-state index contributed by atoms with van der Waals surface area (Å²) in [5, 5.41) is 3.76. The molecule has 0 bridgehead atoms. The Hall–Kier alpha value is -2.22. The van der Waals surface area contributed by atoms with Crippen LogP contribution in [0.3, 0.4) is 0 Å². The molecule has 0 unspecified atom stereocenters. The van der Waals surface area contributed by atoms with Crippen LogP contribution in [-0.4, -0.2) is 46.9 Å². The topological polar surface area (TPSA) is 65.5 Å². The normalized spacial score (nSPS) is 18.8. The number of nitrogens with zero attached hydrogens (tertiary/aromatic N) is 3. The van der Waals surface area contributed by atoms with Crippen molar-refractivity contribution in [1.29, 1.82) is 0 Å². The summed E-state index contributed by atoms with van der Waals surface area (Å²) in [6.45, 7) is 0.598. The predicted octanol–water partition coefficient (Wildman–Crippen LogP) is 2.24. The van der Waals surface area contributed by atoms with E-state index < -0.39 is 11.4 Å². The third kappa shape index (κ3) is 3.05. The van der Waals surface area contributed by atoms with Crippen molar-refractivity contribution in [3.05, 3.63) is 58.0 Å². The monoisotopic (exact) mass is 408 g/mol. The van der Waals surface area contributed by atoms with Crippen molar-refractivity contribution in [2.75, 3.05) is 24.5 Å². The van der Waals surface area contributed by atoms with Crippen molar-refractivity contribution in [1.82, 2.24) is 15.2 Å². The first-order valence-electron chi connectivity index (χ1n) is 8.29. The lowest BCUT2D eigenvalue weighted by molar-refractivity contribution is -0.155. The van der Waals surface area contributed by atoms with Gasteiger partial charge in [-0.2, -0.15) is 0 Å². The van der Waals surface area contributed by atoms with Crippen LogP contribution in [0.15, 0.2) is 36.5 Å². The summed E-state index contributed by atoms with van der Waals surface area (Å²) in [6.07, 6.45) is 1.25. The molecule has 6 nitrogen and oxygen atoms in total. The number of amides is 2. The van der Waals surface area contributed by atoms with Gasteiger partial charge in [0.1, 0.15) is 12.1 Å². The van der Waals surface area contributed by atoms with E-state index in [9.17, 15) is 14.0 Å². The zero-order valence-corrected chi connectivity index (χ0v) is 15.6. The average molecular weight is 409 g/mol. The van der Waals surface area contributed by atoms with E-state index in [0.29, 0.717) is 18.1 Å². The third-order valence-corrected chi connectivity index (χ3v) is 5.35. The molecule has 2 aliphatic rings. The van der Waals surface area contributed by atoms with Gasteiger partial charge in [0.2, 0.25) is 5.91 Å². The van der Waals surface area contributed by atoms with E-state index in [2.05, 4.69) is 10.3 Å². The van der Waals surface area contributed by atoms with Crippen molar-refractivity contribution < 1.29 is 14.0 Å². The van der Waals surface area contributed by atoms with Gasteiger partial charge < -0.3 is 10.2 Å². The lowest BCUT2D eigenvalue weighted by atomic mass is 9.85. The van der Waals surface area contributed by atoms with Crippen LogP contribution in [0.1, 0.15) is 5.56 Å². The number of carbonyl (C=O) groups excluding carboxylic acids is 2. The van der Waals surface area contributed by atoms with Crippen LogP contribution < -0.4 is 10.2 Å². The van der Waals surface area contributed by atoms with Gasteiger partial charge in [0, 0.05) is 30.9 Å². The molecule has 2 amide bonds. The van der Waals surface area contributed by atoms with Crippen LogP contribution in [0.2, 0.25) is 10.0 Å².